The van der Waals surface area contributed by atoms with Gasteiger partial charge in [0.1, 0.15) is 6.04 Å². The summed E-state index contributed by atoms with van der Waals surface area (Å²) in [6, 6.07) is 16.5. The number of benzene rings is 2. The fourth-order valence-electron chi connectivity index (χ4n) is 3.12. The SMILES string of the molecule is COCCCNC(=O)C1c2ccccc2C(=O)N1Cc1ccccc1. The highest BCUT2D eigenvalue weighted by molar-refractivity contribution is 6.04. The molecule has 5 heteroatoms. The van der Waals surface area contributed by atoms with Crippen LogP contribution in [0.5, 0.6) is 0 Å². The van der Waals surface area contributed by atoms with E-state index in [1.54, 1.807) is 18.1 Å². The van der Waals surface area contributed by atoms with Gasteiger partial charge in [0.05, 0.1) is 0 Å². The zero-order valence-corrected chi connectivity index (χ0v) is 14.3. The molecule has 0 saturated carbocycles. The molecule has 1 aliphatic heterocycles. The Bertz CT molecular complexity index is 746. The van der Waals surface area contributed by atoms with Crippen LogP contribution in [0.3, 0.4) is 0 Å². The highest BCUT2D eigenvalue weighted by Crippen LogP contribution is 2.34. The van der Waals surface area contributed by atoms with E-state index in [-0.39, 0.29) is 11.8 Å². The summed E-state index contributed by atoms with van der Waals surface area (Å²) in [5.41, 5.74) is 2.38. The maximum Gasteiger partial charge on any atom is 0.255 e. The monoisotopic (exact) mass is 338 g/mol. The van der Waals surface area contributed by atoms with Crippen molar-refractivity contribution in [3.63, 3.8) is 0 Å². The number of ether oxygens (including phenoxy) is 1. The first kappa shape index (κ1) is 17.2. The molecule has 1 atom stereocenters. The Morgan fingerprint density at radius 1 is 1.12 bits per heavy atom. The molecule has 2 amide bonds. The number of methoxy groups -OCH3 is 1. The van der Waals surface area contributed by atoms with Crippen LogP contribution in [-0.2, 0) is 16.1 Å². The molecule has 2 aromatic carbocycles. The van der Waals surface area contributed by atoms with Gasteiger partial charge < -0.3 is 15.0 Å². The number of hydrogen-bond acceptors (Lipinski definition) is 3. The fourth-order valence-corrected chi connectivity index (χ4v) is 3.12. The molecule has 5 nitrogen and oxygen atoms in total. The van der Waals surface area contributed by atoms with Crippen LogP contribution < -0.4 is 5.32 Å². The van der Waals surface area contributed by atoms with Gasteiger partial charge in [-0.2, -0.15) is 0 Å². The van der Waals surface area contributed by atoms with E-state index in [4.69, 9.17) is 4.74 Å². The molecule has 0 spiro atoms. The van der Waals surface area contributed by atoms with Gasteiger partial charge in [0.2, 0.25) is 5.91 Å². The highest BCUT2D eigenvalue weighted by Gasteiger charge is 2.40. The molecule has 0 saturated heterocycles. The van der Waals surface area contributed by atoms with Crippen molar-refractivity contribution >= 4 is 11.8 Å². The van der Waals surface area contributed by atoms with Crippen LogP contribution in [0, 0.1) is 0 Å². The van der Waals surface area contributed by atoms with E-state index in [0.29, 0.717) is 25.3 Å². The van der Waals surface area contributed by atoms with Crippen LogP contribution in [0.2, 0.25) is 0 Å². The average molecular weight is 338 g/mol. The van der Waals surface area contributed by atoms with Crippen molar-refractivity contribution in [2.75, 3.05) is 20.3 Å². The predicted molar refractivity (Wildman–Crippen MR) is 95.0 cm³/mol. The minimum Gasteiger partial charge on any atom is -0.385 e. The third kappa shape index (κ3) is 3.72. The number of fused-ring (bicyclic) bond motifs is 1. The normalized spacial score (nSPS) is 16.0. The molecule has 1 unspecified atom stereocenters. The molecule has 1 aliphatic rings. The van der Waals surface area contributed by atoms with Gasteiger partial charge in [-0.1, -0.05) is 48.5 Å². The van der Waals surface area contributed by atoms with Gasteiger partial charge in [-0.05, 0) is 23.6 Å². The first-order valence-electron chi connectivity index (χ1n) is 8.43. The molecule has 1 N–H and O–H groups in total. The van der Waals surface area contributed by atoms with Crippen LogP contribution in [-0.4, -0.2) is 37.0 Å². The molecular formula is C20H22N2O3. The molecule has 2 aromatic rings. The number of rotatable bonds is 7. The number of carbonyl (C=O) groups is 2. The van der Waals surface area contributed by atoms with Gasteiger partial charge in [0.15, 0.2) is 0 Å². The second-order valence-electron chi connectivity index (χ2n) is 6.05. The molecule has 0 aromatic heterocycles. The Balaban J connectivity index is 1.82. The lowest BCUT2D eigenvalue weighted by molar-refractivity contribution is -0.125. The number of hydrogen-bond donors (Lipinski definition) is 1. The van der Waals surface area contributed by atoms with Crippen molar-refractivity contribution in [2.45, 2.75) is 19.0 Å². The quantitative estimate of drug-likeness (QED) is 0.789. The predicted octanol–water partition coefficient (Wildman–Crippen LogP) is 2.54. The molecule has 0 bridgehead atoms. The van der Waals surface area contributed by atoms with Crippen molar-refractivity contribution in [1.29, 1.82) is 0 Å². The van der Waals surface area contributed by atoms with Gasteiger partial charge in [0, 0.05) is 32.4 Å². The largest absolute Gasteiger partial charge is 0.385 e. The van der Waals surface area contributed by atoms with Crippen molar-refractivity contribution in [3.8, 4) is 0 Å². The van der Waals surface area contributed by atoms with E-state index in [0.717, 1.165) is 17.5 Å². The summed E-state index contributed by atoms with van der Waals surface area (Å²) in [6.45, 7) is 1.53. The maximum absolute atomic E-state index is 12.8. The van der Waals surface area contributed by atoms with Gasteiger partial charge in [0.25, 0.3) is 5.91 Å². The summed E-state index contributed by atoms with van der Waals surface area (Å²) in [6.07, 6.45) is 0.739. The number of amides is 2. The smallest absolute Gasteiger partial charge is 0.255 e. The summed E-state index contributed by atoms with van der Waals surface area (Å²) in [5, 5.41) is 2.92. The van der Waals surface area contributed by atoms with E-state index in [1.165, 1.54) is 0 Å². The van der Waals surface area contributed by atoms with Gasteiger partial charge in [-0.15, -0.1) is 0 Å². The van der Waals surface area contributed by atoms with Crippen LogP contribution in [0.1, 0.15) is 33.9 Å². The Labute approximate surface area is 147 Å². The Morgan fingerprint density at radius 2 is 1.84 bits per heavy atom. The van der Waals surface area contributed by atoms with Crippen LogP contribution in [0.25, 0.3) is 0 Å². The molecule has 0 aliphatic carbocycles. The Kier molecular flexibility index (Phi) is 5.46. The molecular weight excluding hydrogens is 316 g/mol. The number of nitrogens with zero attached hydrogens (tertiary/aromatic N) is 1. The Hall–Kier alpha value is -2.66. The lowest BCUT2D eigenvalue weighted by atomic mass is 10.0. The minimum absolute atomic E-state index is 0.100. The summed E-state index contributed by atoms with van der Waals surface area (Å²) < 4.78 is 5.01. The molecule has 0 fully saturated rings. The van der Waals surface area contributed by atoms with Crippen molar-refractivity contribution in [1.82, 2.24) is 10.2 Å². The molecule has 25 heavy (non-hydrogen) atoms. The van der Waals surface area contributed by atoms with Crippen LogP contribution >= 0.6 is 0 Å². The summed E-state index contributed by atoms with van der Waals surface area (Å²) in [4.78, 5) is 27.2. The number of carbonyl (C=O) groups excluding carboxylic acids is 2. The molecule has 3 rings (SSSR count). The summed E-state index contributed by atoms with van der Waals surface area (Å²) >= 11 is 0. The summed E-state index contributed by atoms with van der Waals surface area (Å²) in [7, 11) is 1.63. The lowest BCUT2D eigenvalue weighted by Gasteiger charge is -2.24. The zero-order valence-electron chi connectivity index (χ0n) is 14.3. The van der Waals surface area contributed by atoms with E-state index in [1.807, 2.05) is 48.5 Å². The zero-order chi connectivity index (χ0) is 17.6. The molecule has 0 radical (unpaired) electrons. The van der Waals surface area contributed by atoms with E-state index in [2.05, 4.69) is 5.32 Å². The second-order valence-corrected chi connectivity index (χ2v) is 6.05. The molecule has 130 valence electrons. The van der Waals surface area contributed by atoms with Gasteiger partial charge in [-0.25, -0.2) is 0 Å². The van der Waals surface area contributed by atoms with E-state index >= 15 is 0 Å². The van der Waals surface area contributed by atoms with E-state index < -0.39 is 6.04 Å². The molecule has 1 heterocycles. The number of nitrogens with one attached hydrogen (secondary N) is 1. The van der Waals surface area contributed by atoms with Crippen molar-refractivity contribution in [3.05, 3.63) is 71.3 Å². The van der Waals surface area contributed by atoms with Crippen molar-refractivity contribution < 1.29 is 14.3 Å². The lowest BCUT2D eigenvalue weighted by Crippen LogP contribution is -2.39. The van der Waals surface area contributed by atoms with Gasteiger partial charge in [-0.3, -0.25) is 9.59 Å². The Morgan fingerprint density at radius 3 is 2.60 bits per heavy atom. The maximum atomic E-state index is 12.8. The first-order valence-corrected chi connectivity index (χ1v) is 8.43. The fraction of sp³-hybridized carbons (Fsp3) is 0.300. The standard InChI is InChI=1S/C20H22N2O3/c1-25-13-7-12-21-19(23)18-16-10-5-6-11-17(16)20(24)22(18)14-15-8-3-2-4-9-15/h2-6,8-11,18H,7,12-14H2,1H3,(H,21,23). The van der Waals surface area contributed by atoms with Crippen molar-refractivity contribution in [2.24, 2.45) is 0 Å². The van der Waals surface area contributed by atoms with Crippen LogP contribution in [0.4, 0.5) is 0 Å². The third-order valence-corrected chi connectivity index (χ3v) is 4.33. The second kappa shape index (κ2) is 7.94. The highest BCUT2D eigenvalue weighted by atomic mass is 16.5. The third-order valence-electron chi connectivity index (χ3n) is 4.33. The average Bonchev–Trinajstić information content (AvgIpc) is 2.92. The van der Waals surface area contributed by atoms with Crippen LogP contribution in [0.15, 0.2) is 54.6 Å². The topological polar surface area (TPSA) is 58.6 Å². The summed E-state index contributed by atoms with van der Waals surface area (Å²) in [5.74, 6) is -0.248. The minimum atomic E-state index is -0.591. The van der Waals surface area contributed by atoms with E-state index in [9.17, 15) is 9.59 Å². The first-order chi connectivity index (χ1) is 12.2. The van der Waals surface area contributed by atoms with Gasteiger partial charge >= 0.3 is 0 Å².